The van der Waals surface area contributed by atoms with Crippen molar-refractivity contribution in [2.45, 2.75) is 39.0 Å². The van der Waals surface area contributed by atoms with E-state index in [9.17, 15) is 18.0 Å². The Balaban J connectivity index is 1.67. The highest BCUT2D eigenvalue weighted by molar-refractivity contribution is 5.94. The molecule has 0 aliphatic carbocycles. The molecule has 4 heterocycles. The second-order valence-corrected chi connectivity index (χ2v) is 7.18. The van der Waals surface area contributed by atoms with Crippen LogP contribution in [0.5, 0.6) is 0 Å². The molecule has 0 bridgehead atoms. The lowest BCUT2D eigenvalue weighted by Crippen LogP contribution is -2.40. The van der Waals surface area contributed by atoms with E-state index < -0.39 is 18.1 Å². The number of hydrogen-bond donors (Lipinski definition) is 0. The number of piperidine rings is 1. The number of hydrogen-bond acceptors (Lipinski definition) is 5. The number of amides is 1. The summed E-state index contributed by atoms with van der Waals surface area (Å²) in [5.74, 6) is -1.22. The van der Waals surface area contributed by atoms with Crippen LogP contribution >= 0.6 is 0 Å². The smallest absolute Gasteiger partial charge is 0.280 e. The van der Waals surface area contributed by atoms with Crippen molar-refractivity contribution in [2.75, 3.05) is 13.1 Å². The van der Waals surface area contributed by atoms with Gasteiger partial charge in [0.2, 0.25) is 0 Å². The third kappa shape index (κ3) is 3.54. The Labute approximate surface area is 164 Å². The monoisotopic (exact) mass is 404 g/mol. The van der Waals surface area contributed by atoms with Gasteiger partial charge in [0.25, 0.3) is 18.1 Å². The van der Waals surface area contributed by atoms with Gasteiger partial charge in [0, 0.05) is 24.7 Å². The van der Waals surface area contributed by atoms with E-state index in [0.29, 0.717) is 30.8 Å². The maximum absolute atomic E-state index is 14.5. The zero-order chi connectivity index (χ0) is 20.7. The van der Waals surface area contributed by atoms with Gasteiger partial charge in [-0.05, 0) is 38.8 Å². The lowest BCUT2D eigenvalue weighted by atomic mass is 9.93. The molecule has 1 aliphatic heterocycles. The van der Waals surface area contributed by atoms with Gasteiger partial charge in [-0.15, -0.1) is 0 Å². The maximum Gasteiger partial charge on any atom is 0.280 e. The zero-order valence-electron chi connectivity index (χ0n) is 15.9. The van der Waals surface area contributed by atoms with Gasteiger partial charge in [-0.2, -0.15) is 10.1 Å². The highest BCUT2D eigenvalue weighted by Gasteiger charge is 2.30. The van der Waals surface area contributed by atoms with Crippen molar-refractivity contribution in [1.82, 2.24) is 29.5 Å². The van der Waals surface area contributed by atoms with E-state index >= 15 is 0 Å². The third-order valence-corrected chi connectivity index (χ3v) is 5.13. The number of carbonyl (C=O) groups excluding carboxylic acids is 1. The van der Waals surface area contributed by atoms with Crippen LogP contribution in [0.15, 0.2) is 18.5 Å². The van der Waals surface area contributed by atoms with Gasteiger partial charge < -0.3 is 4.90 Å². The summed E-state index contributed by atoms with van der Waals surface area (Å²) in [5.41, 5.74) is 0.838. The minimum absolute atomic E-state index is 0.0236. The molecule has 7 nitrogen and oxygen atoms in total. The summed E-state index contributed by atoms with van der Waals surface area (Å²) >= 11 is 0. The van der Waals surface area contributed by atoms with Crippen molar-refractivity contribution in [3.63, 3.8) is 0 Å². The second-order valence-electron chi connectivity index (χ2n) is 7.18. The lowest BCUT2D eigenvalue weighted by molar-refractivity contribution is 0.0699. The molecular formula is C19H19F3N6O. The zero-order valence-corrected chi connectivity index (χ0v) is 15.9. The van der Waals surface area contributed by atoms with Crippen molar-refractivity contribution in [3.8, 4) is 0 Å². The average Bonchev–Trinajstić information content (AvgIpc) is 3.18. The van der Waals surface area contributed by atoms with E-state index in [1.165, 1.54) is 29.9 Å². The number of fused-ring (bicyclic) bond motifs is 1. The molecule has 1 amide bonds. The van der Waals surface area contributed by atoms with Gasteiger partial charge in [-0.1, -0.05) is 0 Å². The predicted molar refractivity (Wildman–Crippen MR) is 97.3 cm³/mol. The summed E-state index contributed by atoms with van der Waals surface area (Å²) in [7, 11) is 0. The Hall–Kier alpha value is -3.04. The first-order valence-corrected chi connectivity index (χ1v) is 9.27. The Morgan fingerprint density at radius 2 is 2.03 bits per heavy atom. The third-order valence-electron chi connectivity index (χ3n) is 5.13. The molecule has 1 atom stereocenters. The largest absolute Gasteiger partial charge is 0.338 e. The second kappa shape index (κ2) is 7.41. The fourth-order valence-electron chi connectivity index (χ4n) is 3.80. The van der Waals surface area contributed by atoms with E-state index in [1.807, 2.05) is 0 Å². The van der Waals surface area contributed by atoms with Crippen molar-refractivity contribution in [3.05, 3.63) is 52.6 Å². The SMILES string of the molecule is Cc1cc(C(=O)N2CCCC(c3cc(C(F)F)nc4ncnn34)C2)c(F)c(C)n1. The Kier molecular flexibility index (Phi) is 4.93. The summed E-state index contributed by atoms with van der Waals surface area (Å²) in [5, 5.41) is 4.09. The average molecular weight is 404 g/mol. The number of carbonyl (C=O) groups is 1. The molecule has 152 valence electrons. The quantitative estimate of drug-likeness (QED) is 0.670. The molecule has 1 aliphatic rings. The van der Waals surface area contributed by atoms with Crippen LogP contribution in [0.4, 0.5) is 13.2 Å². The van der Waals surface area contributed by atoms with Crippen LogP contribution in [0.3, 0.4) is 0 Å². The van der Waals surface area contributed by atoms with Gasteiger partial charge in [0.15, 0.2) is 5.82 Å². The van der Waals surface area contributed by atoms with Crippen molar-refractivity contribution >= 4 is 11.7 Å². The minimum Gasteiger partial charge on any atom is -0.338 e. The van der Waals surface area contributed by atoms with E-state index in [4.69, 9.17) is 0 Å². The van der Waals surface area contributed by atoms with E-state index in [1.54, 1.807) is 11.8 Å². The Morgan fingerprint density at radius 1 is 1.24 bits per heavy atom. The molecule has 0 saturated carbocycles. The first kappa shape index (κ1) is 19.3. The number of halogens is 3. The van der Waals surface area contributed by atoms with Crippen LogP contribution in [0, 0.1) is 19.7 Å². The maximum atomic E-state index is 14.5. The number of pyridine rings is 1. The molecule has 0 aromatic carbocycles. The van der Waals surface area contributed by atoms with E-state index in [-0.39, 0.29) is 35.2 Å². The van der Waals surface area contributed by atoms with Crippen LogP contribution in [-0.2, 0) is 0 Å². The molecule has 3 aromatic heterocycles. The van der Waals surface area contributed by atoms with Crippen molar-refractivity contribution in [2.24, 2.45) is 0 Å². The van der Waals surface area contributed by atoms with Crippen LogP contribution in [0.2, 0.25) is 0 Å². The molecule has 0 spiro atoms. The molecular weight excluding hydrogens is 385 g/mol. The van der Waals surface area contributed by atoms with Gasteiger partial charge in [-0.25, -0.2) is 22.7 Å². The molecule has 29 heavy (non-hydrogen) atoms. The number of aryl methyl sites for hydroxylation is 2. The highest BCUT2D eigenvalue weighted by atomic mass is 19.3. The molecule has 10 heteroatoms. The summed E-state index contributed by atoms with van der Waals surface area (Å²) in [6, 6.07) is 2.75. The molecule has 1 unspecified atom stereocenters. The predicted octanol–water partition coefficient (Wildman–Crippen LogP) is 3.23. The fraction of sp³-hybridized carbons (Fsp3) is 0.421. The highest BCUT2D eigenvalue weighted by Crippen LogP contribution is 2.30. The first-order valence-electron chi connectivity index (χ1n) is 9.27. The summed E-state index contributed by atoms with van der Waals surface area (Å²) in [6.45, 7) is 3.94. The van der Waals surface area contributed by atoms with Gasteiger partial charge in [-0.3, -0.25) is 9.78 Å². The molecule has 4 rings (SSSR count). The summed E-state index contributed by atoms with van der Waals surface area (Å²) in [6.07, 6.45) is -0.148. The van der Waals surface area contributed by atoms with Crippen LogP contribution in [0.1, 0.15) is 58.3 Å². The Bertz CT molecular complexity index is 1080. The molecule has 3 aromatic rings. The molecule has 0 radical (unpaired) electrons. The number of alkyl halides is 2. The number of likely N-dealkylation sites (tertiary alicyclic amines) is 1. The summed E-state index contributed by atoms with van der Waals surface area (Å²) in [4.78, 5) is 26.3. The number of nitrogens with zero attached hydrogens (tertiary/aromatic N) is 6. The van der Waals surface area contributed by atoms with Gasteiger partial charge >= 0.3 is 0 Å². The Morgan fingerprint density at radius 3 is 2.79 bits per heavy atom. The van der Waals surface area contributed by atoms with Crippen molar-refractivity contribution < 1.29 is 18.0 Å². The van der Waals surface area contributed by atoms with Gasteiger partial charge in [0.05, 0.1) is 17.0 Å². The van der Waals surface area contributed by atoms with Gasteiger partial charge in [0.1, 0.15) is 12.0 Å². The number of rotatable bonds is 3. The lowest BCUT2D eigenvalue weighted by Gasteiger charge is -2.33. The van der Waals surface area contributed by atoms with E-state index in [0.717, 1.165) is 0 Å². The standard InChI is InChI=1S/C19H19F3N6O/c1-10-6-13(16(20)11(2)25-10)18(29)27-5-3-4-12(8-27)15-7-14(17(21)22)26-19-23-9-24-28(15)19/h6-7,9,12,17H,3-5,8H2,1-2H3. The molecule has 0 N–H and O–H groups in total. The minimum atomic E-state index is -2.74. The molecule has 1 fully saturated rings. The number of aromatic nitrogens is 5. The summed E-state index contributed by atoms with van der Waals surface area (Å²) < 4.78 is 42.4. The van der Waals surface area contributed by atoms with Crippen LogP contribution in [0.25, 0.3) is 5.78 Å². The van der Waals surface area contributed by atoms with Crippen LogP contribution < -0.4 is 0 Å². The van der Waals surface area contributed by atoms with Crippen molar-refractivity contribution in [1.29, 1.82) is 0 Å². The topological polar surface area (TPSA) is 76.3 Å². The fourth-order valence-corrected chi connectivity index (χ4v) is 3.80. The molecule has 1 saturated heterocycles. The normalized spacial score (nSPS) is 17.3. The first-order chi connectivity index (χ1) is 13.8. The van der Waals surface area contributed by atoms with E-state index in [2.05, 4.69) is 20.1 Å². The van der Waals surface area contributed by atoms with Crippen LogP contribution in [-0.4, -0.2) is 48.5 Å².